The summed E-state index contributed by atoms with van der Waals surface area (Å²) in [5, 5.41) is 16.5. The molecule has 21 heavy (non-hydrogen) atoms. The van der Waals surface area contributed by atoms with Gasteiger partial charge in [-0.1, -0.05) is 43.7 Å². The second-order valence-corrected chi connectivity index (χ2v) is 4.86. The van der Waals surface area contributed by atoms with E-state index in [1.54, 1.807) is 0 Å². The minimum Gasteiger partial charge on any atom is -0.387 e. The summed E-state index contributed by atoms with van der Waals surface area (Å²) < 4.78 is 0. The van der Waals surface area contributed by atoms with Crippen molar-refractivity contribution in [3.8, 4) is 0 Å². The van der Waals surface area contributed by atoms with E-state index in [1.165, 1.54) is 6.33 Å². The maximum absolute atomic E-state index is 10.2. The third kappa shape index (κ3) is 3.92. The van der Waals surface area contributed by atoms with E-state index in [2.05, 4.69) is 27.5 Å². The van der Waals surface area contributed by atoms with Gasteiger partial charge in [0.1, 0.15) is 18.0 Å². The number of nitrogens with zero attached hydrogens (tertiary/aromatic N) is 2. The average Bonchev–Trinajstić information content (AvgIpc) is 2.54. The highest BCUT2D eigenvalue weighted by Crippen LogP contribution is 2.22. The van der Waals surface area contributed by atoms with Crippen molar-refractivity contribution >= 4 is 11.6 Å². The van der Waals surface area contributed by atoms with Crippen LogP contribution in [-0.4, -0.2) is 28.7 Å². The quantitative estimate of drug-likeness (QED) is 0.730. The molecule has 1 aromatic carbocycles. The molecule has 0 radical (unpaired) electrons. The van der Waals surface area contributed by atoms with Gasteiger partial charge < -0.3 is 15.7 Å². The standard InChI is InChI=1S/C16H22N4O/c1-3-7-13-15(17-2)19-11-20-16(13)18-10-14(21)12-8-5-4-6-9-12/h4-6,8-9,11,14,21H,3,7,10H2,1-2H3,(H2,17,18,19,20). The monoisotopic (exact) mass is 286 g/mol. The van der Waals surface area contributed by atoms with Crippen LogP contribution in [0.15, 0.2) is 36.7 Å². The normalized spacial score (nSPS) is 12.0. The van der Waals surface area contributed by atoms with Gasteiger partial charge in [0, 0.05) is 19.2 Å². The summed E-state index contributed by atoms with van der Waals surface area (Å²) in [6.07, 6.45) is 2.87. The third-order valence-electron chi connectivity index (χ3n) is 3.33. The Kier molecular flexibility index (Phi) is 5.51. The Balaban J connectivity index is 2.09. The van der Waals surface area contributed by atoms with E-state index in [4.69, 9.17) is 0 Å². The van der Waals surface area contributed by atoms with E-state index in [9.17, 15) is 5.11 Å². The summed E-state index contributed by atoms with van der Waals surface area (Å²) >= 11 is 0. The number of hydrogen-bond acceptors (Lipinski definition) is 5. The second-order valence-electron chi connectivity index (χ2n) is 4.86. The highest BCUT2D eigenvalue weighted by atomic mass is 16.3. The zero-order chi connectivity index (χ0) is 15.1. The average molecular weight is 286 g/mol. The fourth-order valence-corrected chi connectivity index (χ4v) is 2.25. The maximum Gasteiger partial charge on any atom is 0.134 e. The van der Waals surface area contributed by atoms with Crippen molar-refractivity contribution in [1.82, 2.24) is 9.97 Å². The van der Waals surface area contributed by atoms with Gasteiger partial charge in [0.15, 0.2) is 0 Å². The zero-order valence-corrected chi connectivity index (χ0v) is 12.5. The highest BCUT2D eigenvalue weighted by molar-refractivity contribution is 5.57. The van der Waals surface area contributed by atoms with Crippen molar-refractivity contribution in [3.63, 3.8) is 0 Å². The number of aliphatic hydroxyl groups excluding tert-OH is 1. The van der Waals surface area contributed by atoms with Crippen molar-refractivity contribution in [3.05, 3.63) is 47.8 Å². The molecule has 1 heterocycles. The molecular weight excluding hydrogens is 264 g/mol. The first-order chi connectivity index (χ1) is 10.3. The summed E-state index contributed by atoms with van der Waals surface area (Å²) in [5.74, 6) is 1.62. The van der Waals surface area contributed by atoms with Crippen molar-refractivity contribution in [2.24, 2.45) is 0 Å². The van der Waals surface area contributed by atoms with E-state index in [0.717, 1.165) is 35.6 Å². The highest BCUT2D eigenvalue weighted by Gasteiger charge is 2.12. The molecule has 0 aliphatic carbocycles. The molecule has 5 heteroatoms. The lowest BCUT2D eigenvalue weighted by atomic mass is 10.1. The second kappa shape index (κ2) is 7.59. The van der Waals surface area contributed by atoms with Gasteiger partial charge >= 0.3 is 0 Å². The van der Waals surface area contributed by atoms with Crippen molar-refractivity contribution in [2.45, 2.75) is 25.9 Å². The Labute approximate surface area is 125 Å². The molecule has 0 fully saturated rings. The van der Waals surface area contributed by atoms with E-state index in [-0.39, 0.29) is 0 Å². The predicted molar refractivity (Wildman–Crippen MR) is 85.5 cm³/mol. The molecule has 0 bridgehead atoms. The first-order valence-corrected chi connectivity index (χ1v) is 7.24. The van der Waals surface area contributed by atoms with E-state index in [1.807, 2.05) is 37.4 Å². The molecule has 5 nitrogen and oxygen atoms in total. The van der Waals surface area contributed by atoms with Gasteiger partial charge in [-0.15, -0.1) is 0 Å². The van der Waals surface area contributed by atoms with Crippen LogP contribution in [0.2, 0.25) is 0 Å². The molecule has 3 N–H and O–H groups in total. The van der Waals surface area contributed by atoms with Gasteiger partial charge in [-0.3, -0.25) is 0 Å². The number of aliphatic hydroxyl groups is 1. The molecule has 1 atom stereocenters. The minimum atomic E-state index is -0.561. The first-order valence-electron chi connectivity index (χ1n) is 7.24. The molecular formula is C16H22N4O. The van der Waals surface area contributed by atoms with Crippen LogP contribution in [0.4, 0.5) is 11.6 Å². The third-order valence-corrected chi connectivity index (χ3v) is 3.33. The van der Waals surface area contributed by atoms with Crippen LogP contribution in [0.5, 0.6) is 0 Å². The fraction of sp³-hybridized carbons (Fsp3) is 0.375. The van der Waals surface area contributed by atoms with Crippen LogP contribution in [0.25, 0.3) is 0 Å². The van der Waals surface area contributed by atoms with Gasteiger partial charge in [0.05, 0.1) is 6.10 Å². The van der Waals surface area contributed by atoms with Crippen molar-refractivity contribution in [2.75, 3.05) is 24.2 Å². The lowest BCUT2D eigenvalue weighted by Gasteiger charge is -2.16. The van der Waals surface area contributed by atoms with Gasteiger partial charge in [0.2, 0.25) is 0 Å². The maximum atomic E-state index is 10.2. The molecule has 112 valence electrons. The molecule has 0 saturated heterocycles. The van der Waals surface area contributed by atoms with Crippen molar-refractivity contribution in [1.29, 1.82) is 0 Å². The Bertz CT molecular complexity index is 559. The van der Waals surface area contributed by atoms with Crippen LogP contribution in [0, 0.1) is 0 Å². The molecule has 2 aromatic rings. The number of anilines is 2. The summed E-state index contributed by atoms with van der Waals surface area (Å²) in [6.45, 7) is 2.54. The minimum absolute atomic E-state index is 0.418. The van der Waals surface area contributed by atoms with E-state index < -0.39 is 6.10 Å². The topological polar surface area (TPSA) is 70.1 Å². The SMILES string of the molecule is CCCc1c(NC)ncnc1NCC(O)c1ccccc1. The lowest BCUT2D eigenvalue weighted by Crippen LogP contribution is -2.15. The van der Waals surface area contributed by atoms with Gasteiger partial charge in [0.25, 0.3) is 0 Å². The molecule has 0 spiro atoms. The molecule has 0 saturated carbocycles. The summed E-state index contributed by atoms with van der Waals surface area (Å²) in [5.41, 5.74) is 1.95. The van der Waals surface area contributed by atoms with Crippen molar-refractivity contribution < 1.29 is 5.11 Å². The first kappa shape index (κ1) is 15.3. The number of aromatic nitrogens is 2. The molecule has 2 rings (SSSR count). The number of rotatable bonds is 7. The number of benzene rings is 1. The smallest absolute Gasteiger partial charge is 0.134 e. The Hall–Kier alpha value is -2.14. The van der Waals surface area contributed by atoms with Crippen LogP contribution < -0.4 is 10.6 Å². The summed E-state index contributed by atoms with van der Waals surface area (Å²) in [6, 6.07) is 9.61. The molecule has 1 aromatic heterocycles. The number of nitrogens with one attached hydrogen (secondary N) is 2. The van der Waals surface area contributed by atoms with E-state index in [0.29, 0.717) is 6.54 Å². The zero-order valence-electron chi connectivity index (χ0n) is 12.5. The molecule has 0 aliphatic heterocycles. The largest absolute Gasteiger partial charge is 0.387 e. The Morgan fingerprint density at radius 2 is 1.86 bits per heavy atom. The van der Waals surface area contributed by atoms with Gasteiger partial charge in [-0.2, -0.15) is 0 Å². The van der Waals surface area contributed by atoms with Gasteiger partial charge in [-0.05, 0) is 12.0 Å². The fourth-order valence-electron chi connectivity index (χ4n) is 2.25. The van der Waals surface area contributed by atoms with Gasteiger partial charge in [-0.25, -0.2) is 9.97 Å². The van der Waals surface area contributed by atoms with Crippen LogP contribution in [0.3, 0.4) is 0 Å². The van der Waals surface area contributed by atoms with Crippen LogP contribution >= 0.6 is 0 Å². The van der Waals surface area contributed by atoms with Crippen LogP contribution in [0.1, 0.15) is 30.6 Å². The lowest BCUT2D eigenvalue weighted by molar-refractivity contribution is 0.191. The summed E-state index contributed by atoms with van der Waals surface area (Å²) in [7, 11) is 1.85. The Morgan fingerprint density at radius 3 is 2.52 bits per heavy atom. The van der Waals surface area contributed by atoms with E-state index >= 15 is 0 Å². The Morgan fingerprint density at radius 1 is 1.14 bits per heavy atom. The molecule has 1 unspecified atom stereocenters. The number of hydrogen-bond donors (Lipinski definition) is 3. The predicted octanol–water partition coefficient (Wildman–Crippen LogP) is 2.62. The molecule has 0 amide bonds. The van der Waals surface area contributed by atoms with Crippen LogP contribution in [-0.2, 0) is 6.42 Å². The molecule has 0 aliphatic rings. The summed E-state index contributed by atoms with van der Waals surface area (Å²) in [4.78, 5) is 8.54.